The van der Waals surface area contributed by atoms with Gasteiger partial charge in [-0.1, -0.05) is 29.8 Å². The van der Waals surface area contributed by atoms with Gasteiger partial charge in [0.2, 0.25) is 0 Å². The molecule has 0 saturated carbocycles. The fourth-order valence-corrected chi connectivity index (χ4v) is 3.52. The van der Waals surface area contributed by atoms with Gasteiger partial charge in [0.05, 0.1) is 30.0 Å². The van der Waals surface area contributed by atoms with Gasteiger partial charge < -0.3 is 14.8 Å². The highest BCUT2D eigenvalue weighted by Gasteiger charge is 2.12. The average Bonchev–Trinajstić information content (AvgIpc) is 2.78. The Hall–Kier alpha value is -2.96. The van der Waals surface area contributed by atoms with Crippen LogP contribution in [-0.4, -0.2) is 31.3 Å². The van der Waals surface area contributed by atoms with E-state index in [0.29, 0.717) is 34.2 Å². The third-order valence-corrected chi connectivity index (χ3v) is 5.42. The summed E-state index contributed by atoms with van der Waals surface area (Å²) < 4.78 is 10.4. The Bertz CT molecular complexity index is 1010. The van der Waals surface area contributed by atoms with Crippen LogP contribution >= 0.6 is 23.4 Å². The van der Waals surface area contributed by atoms with Crippen molar-refractivity contribution < 1.29 is 19.1 Å². The molecular weight excluding hydrogens is 422 g/mol. The molecule has 0 aliphatic rings. The van der Waals surface area contributed by atoms with Crippen molar-refractivity contribution in [2.24, 2.45) is 0 Å². The van der Waals surface area contributed by atoms with Gasteiger partial charge in [-0.3, -0.25) is 4.79 Å². The van der Waals surface area contributed by atoms with Crippen molar-refractivity contribution in [3.05, 3.63) is 88.9 Å². The second-order valence-electron chi connectivity index (χ2n) is 6.17. The van der Waals surface area contributed by atoms with E-state index in [1.54, 1.807) is 36.0 Å². The first-order chi connectivity index (χ1) is 14.6. The van der Waals surface area contributed by atoms with Crippen molar-refractivity contribution in [3.8, 4) is 5.75 Å². The van der Waals surface area contributed by atoms with E-state index in [1.165, 1.54) is 30.2 Å². The Morgan fingerprint density at radius 1 is 0.967 bits per heavy atom. The van der Waals surface area contributed by atoms with Gasteiger partial charge in [0, 0.05) is 16.2 Å². The zero-order valence-electron chi connectivity index (χ0n) is 16.3. The maximum atomic E-state index is 12.5. The van der Waals surface area contributed by atoms with Gasteiger partial charge in [0.1, 0.15) is 5.75 Å². The third-order valence-electron chi connectivity index (χ3n) is 4.12. The van der Waals surface area contributed by atoms with Crippen LogP contribution in [0.1, 0.15) is 20.7 Å². The number of benzene rings is 3. The van der Waals surface area contributed by atoms with Gasteiger partial charge in [-0.25, -0.2) is 4.79 Å². The predicted octanol–water partition coefficient (Wildman–Crippen LogP) is 5.55. The summed E-state index contributed by atoms with van der Waals surface area (Å²) in [6, 6.07) is 21.5. The molecule has 3 rings (SSSR count). The van der Waals surface area contributed by atoms with Gasteiger partial charge >= 0.3 is 5.97 Å². The molecule has 0 atom stereocenters. The quantitative estimate of drug-likeness (QED) is 0.282. The highest BCUT2D eigenvalue weighted by molar-refractivity contribution is 7.99. The Kier molecular flexibility index (Phi) is 7.76. The summed E-state index contributed by atoms with van der Waals surface area (Å²) in [6.45, 7) is 0.557. The zero-order chi connectivity index (χ0) is 21.3. The molecule has 30 heavy (non-hydrogen) atoms. The lowest BCUT2D eigenvalue weighted by Crippen LogP contribution is -2.13. The van der Waals surface area contributed by atoms with E-state index < -0.39 is 5.97 Å². The second kappa shape index (κ2) is 10.7. The summed E-state index contributed by atoms with van der Waals surface area (Å²) in [6.07, 6.45) is 0. The number of nitrogens with one attached hydrogen (secondary N) is 1. The van der Waals surface area contributed by atoms with E-state index in [4.69, 9.17) is 16.3 Å². The molecule has 7 heteroatoms. The van der Waals surface area contributed by atoms with Crippen LogP contribution < -0.4 is 10.1 Å². The van der Waals surface area contributed by atoms with E-state index in [1.807, 2.05) is 18.2 Å². The van der Waals surface area contributed by atoms with Crippen LogP contribution in [0, 0.1) is 0 Å². The monoisotopic (exact) mass is 441 g/mol. The fraction of sp³-hybridized carbons (Fsp3) is 0.130. The van der Waals surface area contributed by atoms with Gasteiger partial charge in [-0.05, 0) is 54.6 Å². The minimum atomic E-state index is -0.505. The molecule has 0 spiro atoms. The van der Waals surface area contributed by atoms with Crippen LogP contribution in [0.3, 0.4) is 0 Å². The molecular formula is C23H20ClNO4S. The molecule has 0 aliphatic heterocycles. The van der Waals surface area contributed by atoms with E-state index in [2.05, 4.69) is 22.2 Å². The van der Waals surface area contributed by atoms with Crippen molar-refractivity contribution in [1.82, 2.24) is 0 Å². The van der Waals surface area contributed by atoms with Crippen LogP contribution in [0.15, 0.2) is 77.7 Å². The van der Waals surface area contributed by atoms with Gasteiger partial charge in [-0.15, -0.1) is 11.8 Å². The van der Waals surface area contributed by atoms with Gasteiger partial charge in [-0.2, -0.15) is 0 Å². The summed E-state index contributed by atoms with van der Waals surface area (Å²) in [5.41, 5.74) is 1.08. The highest BCUT2D eigenvalue weighted by Crippen LogP contribution is 2.24. The normalized spacial score (nSPS) is 10.3. The number of anilines is 1. The number of carbonyl (C=O) groups is 2. The minimum Gasteiger partial charge on any atom is -0.493 e. The largest absolute Gasteiger partial charge is 0.493 e. The van der Waals surface area contributed by atoms with Gasteiger partial charge in [0.25, 0.3) is 5.91 Å². The molecule has 154 valence electrons. The van der Waals surface area contributed by atoms with E-state index in [-0.39, 0.29) is 5.91 Å². The van der Waals surface area contributed by atoms with Crippen LogP contribution in [0.25, 0.3) is 0 Å². The topological polar surface area (TPSA) is 64.6 Å². The zero-order valence-corrected chi connectivity index (χ0v) is 17.8. The Morgan fingerprint density at radius 2 is 1.67 bits per heavy atom. The number of thioether (sulfide) groups is 1. The molecule has 1 amide bonds. The molecule has 0 aliphatic carbocycles. The lowest BCUT2D eigenvalue weighted by Gasteiger charge is -2.10. The number of carbonyl (C=O) groups excluding carboxylic acids is 2. The molecule has 0 saturated heterocycles. The van der Waals surface area contributed by atoms with E-state index in [0.717, 1.165) is 5.75 Å². The summed E-state index contributed by atoms with van der Waals surface area (Å²) in [5, 5.41) is 3.04. The molecule has 5 nitrogen and oxygen atoms in total. The van der Waals surface area contributed by atoms with Crippen LogP contribution in [0.4, 0.5) is 5.69 Å². The smallest absolute Gasteiger partial charge is 0.337 e. The molecule has 3 aromatic carbocycles. The molecule has 0 bridgehead atoms. The minimum absolute atomic E-state index is 0.300. The Balaban J connectivity index is 1.54. The van der Waals surface area contributed by atoms with Crippen LogP contribution in [0.5, 0.6) is 5.75 Å². The molecule has 0 heterocycles. The number of rotatable bonds is 8. The number of methoxy groups -OCH3 is 1. The first-order valence-corrected chi connectivity index (χ1v) is 10.5. The average molecular weight is 442 g/mol. The van der Waals surface area contributed by atoms with E-state index >= 15 is 0 Å². The number of halogens is 1. The molecule has 0 radical (unpaired) electrons. The fourth-order valence-electron chi connectivity index (χ4n) is 2.60. The highest BCUT2D eigenvalue weighted by atomic mass is 35.5. The lowest BCUT2D eigenvalue weighted by molar-refractivity contribution is 0.0600. The second-order valence-corrected chi connectivity index (χ2v) is 7.75. The number of hydrogen-bond acceptors (Lipinski definition) is 5. The van der Waals surface area contributed by atoms with E-state index in [9.17, 15) is 9.59 Å². The lowest BCUT2D eigenvalue weighted by atomic mass is 10.1. The Morgan fingerprint density at radius 3 is 2.37 bits per heavy atom. The van der Waals surface area contributed by atoms with Crippen molar-refractivity contribution in [3.63, 3.8) is 0 Å². The summed E-state index contributed by atoms with van der Waals surface area (Å²) in [4.78, 5) is 25.4. The standard InChI is InChI=1S/C23H20ClNO4S/c1-28-23(27)17-9-12-20(24)21(15-17)25-22(26)16-7-10-18(11-8-16)29-13-14-30-19-5-3-2-4-6-19/h2-12,15H,13-14H2,1H3,(H,25,26). The van der Waals surface area contributed by atoms with Crippen molar-refractivity contribution in [2.45, 2.75) is 4.90 Å². The van der Waals surface area contributed by atoms with Crippen LogP contribution in [0.2, 0.25) is 5.02 Å². The maximum absolute atomic E-state index is 12.5. The number of ether oxygens (including phenoxy) is 2. The number of hydrogen-bond donors (Lipinski definition) is 1. The summed E-state index contributed by atoms with van der Waals surface area (Å²) in [5.74, 6) is 0.659. The molecule has 0 fully saturated rings. The maximum Gasteiger partial charge on any atom is 0.337 e. The SMILES string of the molecule is COC(=O)c1ccc(Cl)c(NC(=O)c2ccc(OCCSc3ccccc3)cc2)c1. The summed E-state index contributed by atoms with van der Waals surface area (Å²) in [7, 11) is 1.29. The first kappa shape index (κ1) is 21.7. The van der Waals surface area contributed by atoms with Crippen molar-refractivity contribution >= 4 is 40.9 Å². The number of amides is 1. The summed E-state index contributed by atoms with van der Waals surface area (Å²) >= 11 is 7.85. The molecule has 3 aromatic rings. The predicted molar refractivity (Wildman–Crippen MR) is 120 cm³/mol. The third kappa shape index (κ3) is 6.02. The molecule has 1 N–H and O–H groups in total. The van der Waals surface area contributed by atoms with Gasteiger partial charge in [0.15, 0.2) is 0 Å². The van der Waals surface area contributed by atoms with Crippen molar-refractivity contribution in [1.29, 1.82) is 0 Å². The van der Waals surface area contributed by atoms with Crippen LogP contribution in [-0.2, 0) is 4.74 Å². The molecule has 0 unspecified atom stereocenters. The van der Waals surface area contributed by atoms with Crippen molar-refractivity contribution in [2.75, 3.05) is 24.8 Å². The first-order valence-electron chi connectivity index (χ1n) is 9.17. The molecule has 0 aromatic heterocycles. The Labute approximate surface area is 184 Å². The number of esters is 1.